The van der Waals surface area contributed by atoms with E-state index in [1.807, 2.05) is 0 Å². The average Bonchev–Trinajstić information content (AvgIpc) is 3.12. The number of fused-ring (bicyclic) bond motifs is 1. The molecule has 0 spiro atoms. The number of aryl methyl sites for hydroxylation is 1. The summed E-state index contributed by atoms with van der Waals surface area (Å²) >= 11 is 0. The molecule has 2 aliphatic rings. The van der Waals surface area contributed by atoms with Crippen molar-refractivity contribution in [1.82, 2.24) is 9.97 Å². The maximum atomic E-state index is 4.83. The molecule has 1 aliphatic carbocycles. The van der Waals surface area contributed by atoms with Crippen LogP contribution in [0.2, 0.25) is 0 Å². The first kappa shape index (κ1) is 14.5. The lowest BCUT2D eigenvalue weighted by Gasteiger charge is -2.25. The number of hydrogen-bond acceptors (Lipinski definition) is 4. The number of nitrogens with zero attached hydrogens (tertiary/aromatic N) is 3. The fourth-order valence-electron chi connectivity index (χ4n) is 3.91. The molecule has 1 fully saturated rings. The quantitative estimate of drug-likeness (QED) is 0.921. The van der Waals surface area contributed by atoms with Crippen molar-refractivity contribution < 1.29 is 0 Å². The van der Waals surface area contributed by atoms with E-state index >= 15 is 0 Å². The first-order valence-corrected chi connectivity index (χ1v) is 8.70. The lowest BCUT2D eigenvalue weighted by Crippen LogP contribution is -2.26. The minimum absolute atomic E-state index is 0.432. The van der Waals surface area contributed by atoms with Gasteiger partial charge in [-0.05, 0) is 44.7 Å². The molecule has 0 bridgehead atoms. The average molecular weight is 308 g/mol. The minimum atomic E-state index is 0.432. The summed E-state index contributed by atoms with van der Waals surface area (Å²) in [5.41, 5.74) is 3.71. The second-order valence-corrected chi connectivity index (χ2v) is 6.87. The van der Waals surface area contributed by atoms with Crippen LogP contribution in [0.25, 0.3) is 0 Å². The molecule has 4 rings (SSSR count). The van der Waals surface area contributed by atoms with Gasteiger partial charge in [-0.25, -0.2) is 4.98 Å². The van der Waals surface area contributed by atoms with Gasteiger partial charge in [-0.1, -0.05) is 31.0 Å². The summed E-state index contributed by atoms with van der Waals surface area (Å²) in [6, 6.07) is 11.7. The van der Waals surface area contributed by atoms with Gasteiger partial charge in [0.1, 0.15) is 5.82 Å². The topological polar surface area (TPSA) is 41.1 Å². The third-order valence-corrected chi connectivity index (χ3v) is 4.98. The molecule has 1 unspecified atom stereocenters. The first-order chi connectivity index (χ1) is 11.2. The van der Waals surface area contributed by atoms with Gasteiger partial charge >= 0.3 is 0 Å². The summed E-state index contributed by atoms with van der Waals surface area (Å²) in [5, 5.41) is 3.54. The molecule has 0 amide bonds. The van der Waals surface area contributed by atoms with E-state index in [9.17, 15) is 0 Å². The molecular formula is C19H24N4. The Kier molecular flexibility index (Phi) is 3.68. The normalized spacial score (nSPS) is 20.8. The van der Waals surface area contributed by atoms with Gasteiger partial charge in [0, 0.05) is 29.5 Å². The number of rotatable bonds is 3. The molecule has 1 atom stereocenters. The summed E-state index contributed by atoms with van der Waals surface area (Å²) in [7, 11) is 0. The van der Waals surface area contributed by atoms with E-state index in [0.29, 0.717) is 12.1 Å². The standard InChI is InChI=1S/C19H24N4/c1-13-11-18(22-19(20-13)21-16-8-4-5-9-16)23-14(2)12-15-7-3-6-10-17(15)23/h3,6-7,10-11,14,16H,4-5,8-9,12H2,1-2H3,(H,20,21,22). The summed E-state index contributed by atoms with van der Waals surface area (Å²) in [6.45, 7) is 4.32. The van der Waals surface area contributed by atoms with Crippen molar-refractivity contribution in [3.8, 4) is 0 Å². The van der Waals surface area contributed by atoms with E-state index in [2.05, 4.69) is 59.4 Å². The summed E-state index contributed by atoms with van der Waals surface area (Å²) in [4.78, 5) is 11.8. The Labute approximate surface area is 138 Å². The van der Waals surface area contributed by atoms with Crippen LogP contribution in [0.1, 0.15) is 43.9 Å². The van der Waals surface area contributed by atoms with Gasteiger partial charge in [0.15, 0.2) is 0 Å². The van der Waals surface area contributed by atoms with Crippen LogP contribution in [0.3, 0.4) is 0 Å². The summed E-state index contributed by atoms with van der Waals surface area (Å²) in [6.07, 6.45) is 6.16. The van der Waals surface area contributed by atoms with Gasteiger partial charge in [-0.2, -0.15) is 4.98 Å². The molecule has 1 N–H and O–H groups in total. The van der Waals surface area contributed by atoms with Crippen molar-refractivity contribution in [2.45, 2.75) is 58.0 Å². The van der Waals surface area contributed by atoms with E-state index < -0.39 is 0 Å². The molecule has 120 valence electrons. The maximum Gasteiger partial charge on any atom is 0.225 e. The van der Waals surface area contributed by atoms with Crippen molar-refractivity contribution in [2.75, 3.05) is 10.2 Å². The predicted octanol–water partition coefficient (Wildman–Crippen LogP) is 4.22. The minimum Gasteiger partial charge on any atom is -0.351 e. The van der Waals surface area contributed by atoms with E-state index in [1.54, 1.807) is 0 Å². The lowest BCUT2D eigenvalue weighted by molar-refractivity contribution is 0.732. The lowest BCUT2D eigenvalue weighted by atomic mass is 10.1. The van der Waals surface area contributed by atoms with Gasteiger partial charge < -0.3 is 10.2 Å². The van der Waals surface area contributed by atoms with Gasteiger partial charge in [0.2, 0.25) is 5.95 Å². The Morgan fingerprint density at radius 1 is 1.13 bits per heavy atom. The molecule has 1 aromatic carbocycles. The maximum absolute atomic E-state index is 4.83. The van der Waals surface area contributed by atoms with Crippen LogP contribution < -0.4 is 10.2 Å². The molecule has 23 heavy (non-hydrogen) atoms. The van der Waals surface area contributed by atoms with Crippen LogP contribution in [0, 0.1) is 6.92 Å². The number of anilines is 3. The molecule has 1 saturated carbocycles. The number of benzene rings is 1. The van der Waals surface area contributed by atoms with Crippen LogP contribution in [0.15, 0.2) is 30.3 Å². The first-order valence-electron chi connectivity index (χ1n) is 8.70. The Bertz CT molecular complexity index is 706. The Balaban J connectivity index is 1.67. The Morgan fingerprint density at radius 2 is 1.91 bits per heavy atom. The molecule has 2 heterocycles. The zero-order valence-corrected chi connectivity index (χ0v) is 13.9. The van der Waals surface area contributed by atoms with Gasteiger partial charge in [0.05, 0.1) is 0 Å². The van der Waals surface area contributed by atoms with E-state index in [-0.39, 0.29) is 0 Å². The Hall–Kier alpha value is -2.10. The van der Waals surface area contributed by atoms with E-state index in [4.69, 9.17) is 4.98 Å². The van der Waals surface area contributed by atoms with Gasteiger partial charge in [0.25, 0.3) is 0 Å². The smallest absolute Gasteiger partial charge is 0.225 e. The highest BCUT2D eigenvalue weighted by Gasteiger charge is 2.28. The monoisotopic (exact) mass is 308 g/mol. The molecule has 4 nitrogen and oxygen atoms in total. The van der Waals surface area contributed by atoms with Gasteiger partial charge in [-0.15, -0.1) is 0 Å². The fraction of sp³-hybridized carbons (Fsp3) is 0.474. The van der Waals surface area contributed by atoms with Crippen LogP contribution in [0.4, 0.5) is 17.5 Å². The molecule has 4 heteroatoms. The van der Waals surface area contributed by atoms with E-state index in [0.717, 1.165) is 23.9 Å². The second kappa shape index (κ2) is 5.84. The highest BCUT2D eigenvalue weighted by molar-refractivity contribution is 5.69. The number of hydrogen-bond donors (Lipinski definition) is 1. The molecule has 0 saturated heterocycles. The highest BCUT2D eigenvalue weighted by Crippen LogP contribution is 2.37. The van der Waals surface area contributed by atoms with Crippen LogP contribution >= 0.6 is 0 Å². The molecule has 1 aromatic heterocycles. The van der Waals surface area contributed by atoms with Crippen molar-refractivity contribution in [3.05, 3.63) is 41.6 Å². The third-order valence-electron chi connectivity index (χ3n) is 4.98. The third kappa shape index (κ3) is 2.78. The largest absolute Gasteiger partial charge is 0.351 e. The van der Waals surface area contributed by atoms with Crippen molar-refractivity contribution >= 4 is 17.5 Å². The second-order valence-electron chi connectivity index (χ2n) is 6.87. The van der Waals surface area contributed by atoms with Crippen LogP contribution in [-0.2, 0) is 6.42 Å². The molecule has 2 aromatic rings. The van der Waals surface area contributed by atoms with Crippen molar-refractivity contribution in [2.24, 2.45) is 0 Å². The van der Waals surface area contributed by atoms with Crippen LogP contribution in [-0.4, -0.2) is 22.1 Å². The predicted molar refractivity (Wildman–Crippen MR) is 94.4 cm³/mol. The van der Waals surface area contributed by atoms with E-state index in [1.165, 1.54) is 36.9 Å². The molecule has 1 aliphatic heterocycles. The van der Waals surface area contributed by atoms with Crippen molar-refractivity contribution in [3.63, 3.8) is 0 Å². The number of nitrogens with one attached hydrogen (secondary N) is 1. The number of para-hydroxylation sites is 1. The van der Waals surface area contributed by atoms with Crippen molar-refractivity contribution in [1.29, 1.82) is 0 Å². The zero-order valence-electron chi connectivity index (χ0n) is 13.9. The van der Waals surface area contributed by atoms with Gasteiger partial charge in [-0.3, -0.25) is 0 Å². The highest BCUT2D eigenvalue weighted by atomic mass is 15.3. The fourth-order valence-corrected chi connectivity index (χ4v) is 3.91. The number of aromatic nitrogens is 2. The zero-order chi connectivity index (χ0) is 15.8. The summed E-state index contributed by atoms with van der Waals surface area (Å²) < 4.78 is 0. The SMILES string of the molecule is Cc1cc(N2c3ccccc3CC2C)nc(NC2CCCC2)n1. The Morgan fingerprint density at radius 3 is 2.74 bits per heavy atom. The van der Waals surface area contributed by atoms with Crippen LogP contribution in [0.5, 0.6) is 0 Å². The molecular weight excluding hydrogens is 284 g/mol. The summed E-state index contributed by atoms with van der Waals surface area (Å²) in [5.74, 6) is 1.79. The molecule has 0 radical (unpaired) electrons.